The Balaban J connectivity index is 1.89. The molecule has 0 unspecified atom stereocenters. The molecule has 7 nitrogen and oxygen atoms in total. The smallest absolute Gasteiger partial charge is 0.409 e. The first-order valence-corrected chi connectivity index (χ1v) is 8.21. The van der Waals surface area contributed by atoms with Crippen LogP contribution in [0.1, 0.15) is 19.8 Å². The monoisotopic (exact) mass is 311 g/mol. The number of nitrogens with one attached hydrogen (secondary N) is 1. The number of aromatic nitrogens is 2. The number of ether oxygens (including phenoxy) is 1. The van der Waals surface area contributed by atoms with E-state index in [-0.39, 0.29) is 12.1 Å². The third-order valence-corrected chi connectivity index (χ3v) is 3.83. The minimum atomic E-state index is -0.230. The Kier molecular flexibility index (Phi) is 5.49. The van der Waals surface area contributed by atoms with E-state index in [0.717, 1.165) is 18.7 Å². The fraction of sp³-hybridized carbons (Fsp3) is 0.615. The van der Waals surface area contributed by atoms with Gasteiger partial charge in [0.1, 0.15) is 11.6 Å². The highest BCUT2D eigenvalue weighted by Gasteiger charge is 2.23. The summed E-state index contributed by atoms with van der Waals surface area (Å²) < 4.78 is 5.01. The highest BCUT2D eigenvalue weighted by atomic mass is 32.2. The second kappa shape index (κ2) is 7.35. The SMILES string of the molecule is CCOC(=O)N1CCC(Nc2cc(N)nc(SC)n2)CC1. The fourth-order valence-corrected chi connectivity index (χ4v) is 2.62. The van der Waals surface area contributed by atoms with Crippen LogP contribution < -0.4 is 11.1 Å². The number of likely N-dealkylation sites (tertiary alicyclic amines) is 1. The minimum Gasteiger partial charge on any atom is -0.450 e. The van der Waals surface area contributed by atoms with Gasteiger partial charge in [0.15, 0.2) is 5.16 Å². The number of nitrogens with two attached hydrogens (primary N) is 1. The summed E-state index contributed by atoms with van der Waals surface area (Å²) in [5.41, 5.74) is 5.76. The molecule has 0 aliphatic carbocycles. The average molecular weight is 311 g/mol. The molecule has 2 rings (SSSR count). The number of nitrogens with zero attached hydrogens (tertiary/aromatic N) is 3. The van der Waals surface area contributed by atoms with E-state index in [1.807, 2.05) is 13.2 Å². The van der Waals surface area contributed by atoms with Crippen LogP contribution in [0.15, 0.2) is 11.2 Å². The van der Waals surface area contributed by atoms with Crippen molar-refractivity contribution >= 4 is 29.5 Å². The molecule has 0 aromatic carbocycles. The largest absolute Gasteiger partial charge is 0.450 e. The van der Waals surface area contributed by atoms with Gasteiger partial charge in [-0.2, -0.15) is 0 Å². The Morgan fingerprint density at radius 2 is 2.24 bits per heavy atom. The minimum absolute atomic E-state index is 0.230. The van der Waals surface area contributed by atoms with Gasteiger partial charge in [-0.3, -0.25) is 0 Å². The van der Waals surface area contributed by atoms with Crippen molar-refractivity contribution in [3.8, 4) is 0 Å². The van der Waals surface area contributed by atoms with Crippen LogP contribution in [0, 0.1) is 0 Å². The molecular formula is C13H21N5O2S. The molecule has 0 bridgehead atoms. The first-order chi connectivity index (χ1) is 10.1. The maximum absolute atomic E-state index is 11.6. The molecule has 1 aromatic rings. The zero-order chi connectivity index (χ0) is 15.2. The molecule has 1 aliphatic rings. The summed E-state index contributed by atoms with van der Waals surface area (Å²) in [6.45, 7) is 3.60. The average Bonchev–Trinajstić information content (AvgIpc) is 2.47. The van der Waals surface area contributed by atoms with E-state index in [0.29, 0.717) is 30.7 Å². The van der Waals surface area contributed by atoms with Gasteiger partial charge in [0.2, 0.25) is 0 Å². The number of anilines is 2. The molecule has 0 spiro atoms. The summed E-state index contributed by atoms with van der Waals surface area (Å²) >= 11 is 1.46. The summed E-state index contributed by atoms with van der Waals surface area (Å²) in [5.74, 6) is 1.20. The van der Waals surface area contributed by atoms with Crippen molar-refractivity contribution in [1.82, 2.24) is 14.9 Å². The van der Waals surface area contributed by atoms with Crippen LogP contribution in [0.4, 0.5) is 16.4 Å². The Morgan fingerprint density at radius 3 is 2.86 bits per heavy atom. The molecule has 1 fully saturated rings. The van der Waals surface area contributed by atoms with Crippen molar-refractivity contribution in [2.24, 2.45) is 0 Å². The number of carbonyl (C=O) groups is 1. The lowest BCUT2D eigenvalue weighted by Gasteiger charge is -2.31. The molecule has 1 amide bonds. The number of nitrogen functional groups attached to an aromatic ring is 1. The predicted octanol–water partition coefficient (Wildman–Crippen LogP) is 1.81. The zero-order valence-electron chi connectivity index (χ0n) is 12.3. The van der Waals surface area contributed by atoms with E-state index in [9.17, 15) is 4.79 Å². The van der Waals surface area contributed by atoms with Gasteiger partial charge in [0.25, 0.3) is 0 Å². The van der Waals surface area contributed by atoms with Gasteiger partial charge in [0.05, 0.1) is 6.61 Å². The third kappa shape index (κ3) is 4.38. The summed E-state index contributed by atoms with van der Waals surface area (Å²) in [6, 6.07) is 2.01. The molecule has 1 saturated heterocycles. The molecule has 8 heteroatoms. The molecule has 1 aromatic heterocycles. The van der Waals surface area contributed by atoms with E-state index >= 15 is 0 Å². The highest BCUT2D eigenvalue weighted by Crippen LogP contribution is 2.19. The molecule has 3 N–H and O–H groups in total. The van der Waals surface area contributed by atoms with E-state index in [1.54, 1.807) is 11.0 Å². The van der Waals surface area contributed by atoms with E-state index in [1.165, 1.54) is 11.8 Å². The van der Waals surface area contributed by atoms with Crippen molar-refractivity contribution in [3.05, 3.63) is 6.07 Å². The number of amides is 1. The maximum atomic E-state index is 11.6. The zero-order valence-corrected chi connectivity index (χ0v) is 13.2. The summed E-state index contributed by atoms with van der Waals surface area (Å²) in [5, 5.41) is 4.02. The van der Waals surface area contributed by atoms with Gasteiger partial charge in [0, 0.05) is 25.2 Å². The Hall–Kier alpha value is -1.70. The standard InChI is InChI=1S/C13H21N5O2S/c1-3-20-13(19)18-6-4-9(5-7-18)15-11-8-10(14)16-12(17-11)21-2/h8-9H,3-7H2,1-2H3,(H3,14,15,16,17). The van der Waals surface area contributed by atoms with Crippen molar-refractivity contribution in [2.75, 3.05) is 37.0 Å². The first-order valence-electron chi connectivity index (χ1n) is 6.99. The lowest BCUT2D eigenvalue weighted by molar-refractivity contribution is 0.0983. The quantitative estimate of drug-likeness (QED) is 0.647. The lowest BCUT2D eigenvalue weighted by atomic mass is 10.1. The van der Waals surface area contributed by atoms with Gasteiger partial charge in [-0.15, -0.1) is 0 Å². The van der Waals surface area contributed by atoms with Crippen LogP contribution in [0.25, 0.3) is 0 Å². The lowest BCUT2D eigenvalue weighted by Crippen LogP contribution is -2.42. The first kappa shape index (κ1) is 15.7. The molecule has 116 valence electrons. The fourth-order valence-electron chi connectivity index (χ4n) is 2.24. The Bertz CT molecular complexity index is 491. The number of thioether (sulfide) groups is 1. The number of carbonyl (C=O) groups excluding carboxylic acids is 1. The Labute approximate surface area is 128 Å². The number of hydrogen-bond acceptors (Lipinski definition) is 7. The van der Waals surface area contributed by atoms with Crippen molar-refractivity contribution in [1.29, 1.82) is 0 Å². The van der Waals surface area contributed by atoms with Crippen LogP contribution in [0.5, 0.6) is 0 Å². The topological polar surface area (TPSA) is 93.4 Å². The molecule has 1 aliphatic heterocycles. The van der Waals surface area contributed by atoms with Gasteiger partial charge >= 0.3 is 6.09 Å². The van der Waals surface area contributed by atoms with Gasteiger partial charge in [-0.05, 0) is 26.0 Å². The molecule has 2 heterocycles. The van der Waals surface area contributed by atoms with Crippen molar-refractivity contribution in [2.45, 2.75) is 31.0 Å². The van der Waals surface area contributed by atoms with E-state index < -0.39 is 0 Å². The second-order valence-electron chi connectivity index (χ2n) is 4.77. The van der Waals surface area contributed by atoms with Crippen LogP contribution in [-0.4, -0.2) is 53.0 Å². The third-order valence-electron chi connectivity index (χ3n) is 3.28. The van der Waals surface area contributed by atoms with Crippen LogP contribution in [0.2, 0.25) is 0 Å². The highest BCUT2D eigenvalue weighted by molar-refractivity contribution is 7.98. The van der Waals surface area contributed by atoms with E-state index in [4.69, 9.17) is 10.5 Å². The number of piperidine rings is 1. The Morgan fingerprint density at radius 1 is 1.52 bits per heavy atom. The predicted molar refractivity (Wildman–Crippen MR) is 83.5 cm³/mol. The number of hydrogen-bond donors (Lipinski definition) is 2. The van der Waals surface area contributed by atoms with Crippen LogP contribution >= 0.6 is 11.8 Å². The van der Waals surface area contributed by atoms with Gasteiger partial charge in [-0.25, -0.2) is 14.8 Å². The molecular weight excluding hydrogens is 290 g/mol. The summed E-state index contributed by atoms with van der Waals surface area (Å²) in [7, 11) is 0. The van der Waals surface area contributed by atoms with Gasteiger partial charge in [-0.1, -0.05) is 11.8 Å². The molecule has 0 atom stereocenters. The van der Waals surface area contributed by atoms with Gasteiger partial charge < -0.3 is 20.7 Å². The molecule has 21 heavy (non-hydrogen) atoms. The summed E-state index contributed by atoms with van der Waals surface area (Å²) in [4.78, 5) is 21.9. The number of rotatable bonds is 4. The van der Waals surface area contributed by atoms with Crippen LogP contribution in [0.3, 0.4) is 0 Å². The summed E-state index contributed by atoms with van der Waals surface area (Å²) in [6.07, 6.45) is 3.40. The van der Waals surface area contributed by atoms with Crippen molar-refractivity contribution in [3.63, 3.8) is 0 Å². The second-order valence-corrected chi connectivity index (χ2v) is 5.54. The molecule has 0 saturated carbocycles. The molecule has 0 radical (unpaired) electrons. The van der Waals surface area contributed by atoms with Crippen molar-refractivity contribution < 1.29 is 9.53 Å². The van der Waals surface area contributed by atoms with Crippen LogP contribution in [-0.2, 0) is 4.74 Å². The normalized spacial score (nSPS) is 15.8. The maximum Gasteiger partial charge on any atom is 0.409 e. The van der Waals surface area contributed by atoms with E-state index in [2.05, 4.69) is 15.3 Å².